The predicted octanol–water partition coefficient (Wildman–Crippen LogP) is 4.84. The molecule has 0 radical (unpaired) electrons. The fraction of sp³-hybridized carbons (Fsp3) is 0.250. The highest BCUT2D eigenvalue weighted by Gasteiger charge is 2.38. The molecule has 0 aliphatic rings. The lowest BCUT2D eigenvalue weighted by molar-refractivity contribution is -0.384. The zero-order valence-electron chi connectivity index (χ0n) is 21.9. The molecule has 0 saturated carbocycles. The number of nitrogens with zero attached hydrogens (tertiary/aromatic N) is 6. The highest BCUT2D eigenvalue weighted by molar-refractivity contribution is 6.36. The molecule has 1 aromatic carbocycles. The van der Waals surface area contributed by atoms with Gasteiger partial charge in [0.15, 0.2) is 5.65 Å². The maximum absolute atomic E-state index is 12.2. The van der Waals surface area contributed by atoms with Crippen LogP contribution >= 0.6 is 23.2 Å². The molecule has 4 rings (SSSR count). The summed E-state index contributed by atoms with van der Waals surface area (Å²) in [5, 5.41) is 26.3. The molecule has 0 aliphatic carbocycles. The molecule has 0 unspecified atom stereocenters. The van der Waals surface area contributed by atoms with Crippen LogP contribution in [-0.4, -0.2) is 65.9 Å². The van der Waals surface area contributed by atoms with E-state index in [2.05, 4.69) is 25.4 Å². The number of alkyl halides is 3. The minimum absolute atomic E-state index is 0.105. The third-order valence-electron chi connectivity index (χ3n) is 5.28. The van der Waals surface area contributed by atoms with Crippen molar-refractivity contribution in [3.8, 4) is 11.3 Å². The van der Waals surface area contributed by atoms with Gasteiger partial charge in [0.25, 0.3) is 5.82 Å². The number of benzene rings is 1. The molecule has 4 aromatic rings. The molecular weight excluding hydrogens is 624 g/mol. The molecule has 14 nitrogen and oxygen atoms in total. The first-order chi connectivity index (χ1) is 20.2. The molecule has 0 amide bonds. The van der Waals surface area contributed by atoms with Crippen molar-refractivity contribution in [2.45, 2.75) is 25.9 Å². The number of nitrogens with two attached hydrogens (primary N) is 1. The number of aromatic nitrogens is 5. The Morgan fingerprint density at radius 1 is 1.16 bits per heavy atom. The third-order valence-corrected chi connectivity index (χ3v) is 5.83. The van der Waals surface area contributed by atoms with Crippen LogP contribution in [0.4, 0.5) is 30.6 Å². The average Bonchev–Trinajstić information content (AvgIpc) is 3.35. The number of carboxylic acid groups (broad SMARTS) is 1. The number of carboxylic acids is 1. The summed E-state index contributed by atoms with van der Waals surface area (Å²) in [6, 6.07) is 9.59. The van der Waals surface area contributed by atoms with Crippen molar-refractivity contribution in [2.75, 3.05) is 24.2 Å². The highest BCUT2D eigenvalue weighted by atomic mass is 35.5. The Morgan fingerprint density at radius 2 is 1.86 bits per heavy atom. The van der Waals surface area contributed by atoms with E-state index in [4.69, 9.17) is 43.6 Å². The number of hydrogen-bond donors (Lipinski definition) is 3. The number of halogens is 5. The Morgan fingerprint density at radius 3 is 2.44 bits per heavy atom. The maximum atomic E-state index is 12.2. The molecule has 0 atom stereocenters. The summed E-state index contributed by atoms with van der Waals surface area (Å²) in [5.41, 5.74) is 7.54. The molecule has 3 aromatic heterocycles. The van der Waals surface area contributed by atoms with Crippen LogP contribution in [0.5, 0.6) is 0 Å². The first kappa shape index (κ1) is 32.7. The standard InChI is InChI=1S/C22H20Cl2N8O4.C2HF3O2/c1-2-36-21(33)20-29-18-11-16(14-7-5-12(23)10-15(14)24)28-22(31(18)30-20)26-9-3-4-13-6-8-17(32(34)35)19(25)27-13;3-2(4,5)1(6)7/h5-8,10-11H,2-4,9H2,1H3,(H2,25,27)(H,26,28);(H,6,7). The lowest BCUT2D eigenvalue weighted by Gasteiger charge is -2.10. The van der Waals surface area contributed by atoms with Gasteiger partial charge in [0.05, 0.1) is 22.2 Å². The molecule has 3 heterocycles. The van der Waals surface area contributed by atoms with Gasteiger partial charge < -0.3 is 20.9 Å². The third kappa shape index (κ3) is 8.62. The van der Waals surface area contributed by atoms with Gasteiger partial charge in [-0.05, 0) is 44.0 Å². The van der Waals surface area contributed by atoms with Crippen LogP contribution < -0.4 is 11.1 Å². The van der Waals surface area contributed by atoms with Gasteiger partial charge in [0.2, 0.25) is 11.8 Å². The van der Waals surface area contributed by atoms with E-state index < -0.39 is 23.0 Å². The van der Waals surface area contributed by atoms with Gasteiger partial charge in [0, 0.05) is 35.0 Å². The van der Waals surface area contributed by atoms with Gasteiger partial charge in [-0.15, -0.1) is 5.10 Å². The van der Waals surface area contributed by atoms with Gasteiger partial charge in [-0.2, -0.15) is 17.7 Å². The quantitative estimate of drug-likeness (QED) is 0.0970. The van der Waals surface area contributed by atoms with Gasteiger partial charge in [-0.1, -0.05) is 23.2 Å². The topological polar surface area (TPSA) is 201 Å². The number of fused-ring (bicyclic) bond motifs is 1. The highest BCUT2D eigenvalue weighted by Crippen LogP contribution is 2.30. The summed E-state index contributed by atoms with van der Waals surface area (Å²) in [7, 11) is 0. The molecule has 0 aliphatic heterocycles. The first-order valence-electron chi connectivity index (χ1n) is 12.0. The fourth-order valence-corrected chi connectivity index (χ4v) is 3.90. The molecule has 228 valence electrons. The van der Waals surface area contributed by atoms with E-state index in [0.717, 1.165) is 0 Å². The SMILES string of the molecule is CCOC(=O)c1nc2cc(-c3ccc(Cl)cc3Cl)nc(NCCCc3ccc([N+](=O)[O-])c(N)n3)n2n1.O=C(O)C(F)(F)F. The zero-order chi connectivity index (χ0) is 31.9. The maximum Gasteiger partial charge on any atom is 0.490 e. The number of nitro groups is 1. The number of rotatable bonds is 9. The Bertz CT molecular complexity index is 1670. The smallest absolute Gasteiger partial charge is 0.475 e. The van der Waals surface area contributed by atoms with Crippen molar-refractivity contribution >= 4 is 58.2 Å². The van der Waals surface area contributed by atoms with Gasteiger partial charge in [-0.3, -0.25) is 10.1 Å². The molecule has 43 heavy (non-hydrogen) atoms. The van der Waals surface area contributed by atoms with Crippen LogP contribution in [0.15, 0.2) is 36.4 Å². The Hall–Kier alpha value is -4.77. The number of esters is 1. The minimum Gasteiger partial charge on any atom is -0.475 e. The molecule has 0 spiro atoms. The second-order valence-electron chi connectivity index (χ2n) is 8.31. The number of carbonyl (C=O) groups excluding carboxylic acids is 1. The number of nitrogen functional groups attached to an aromatic ring is 1. The monoisotopic (exact) mass is 644 g/mol. The molecule has 0 bridgehead atoms. The van der Waals surface area contributed by atoms with Crippen molar-refractivity contribution in [1.82, 2.24) is 24.6 Å². The molecule has 0 saturated heterocycles. The molecule has 0 fully saturated rings. The van der Waals surface area contributed by atoms with Crippen LogP contribution in [0, 0.1) is 10.1 Å². The van der Waals surface area contributed by atoms with Crippen LogP contribution in [0.25, 0.3) is 16.9 Å². The number of anilines is 2. The van der Waals surface area contributed by atoms with Gasteiger partial charge in [-0.25, -0.2) is 24.5 Å². The molecule has 4 N–H and O–H groups in total. The van der Waals surface area contributed by atoms with Crippen LogP contribution in [-0.2, 0) is 16.0 Å². The normalized spacial score (nSPS) is 11.0. The van der Waals surface area contributed by atoms with E-state index in [-0.39, 0.29) is 23.9 Å². The zero-order valence-corrected chi connectivity index (χ0v) is 23.4. The predicted molar refractivity (Wildman–Crippen MR) is 148 cm³/mol. The number of nitrogens with one attached hydrogen (secondary N) is 1. The summed E-state index contributed by atoms with van der Waals surface area (Å²) < 4.78 is 38.2. The van der Waals surface area contributed by atoms with Crippen LogP contribution in [0.1, 0.15) is 29.7 Å². The number of carbonyl (C=O) groups is 2. The number of aliphatic carboxylic acids is 1. The summed E-state index contributed by atoms with van der Waals surface area (Å²) in [4.78, 5) is 44.4. The van der Waals surface area contributed by atoms with E-state index in [1.165, 1.54) is 10.6 Å². The molecule has 19 heteroatoms. The van der Waals surface area contributed by atoms with Crippen molar-refractivity contribution < 1.29 is 37.5 Å². The van der Waals surface area contributed by atoms with Crippen molar-refractivity contribution in [1.29, 1.82) is 0 Å². The van der Waals surface area contributed by atoms with E-state index >= 15 is 0 Å². The summed E-state index contributed by atoms with van der Waals surface area (Å²) in [5.74, 6) is -3.32. The Balaban J connectivity index is 0.000000646. The number of pyridine rings is 1. The second-order valence-corrected chi connectivity index (χ2v) is 9.16. The largest absolute Gasteiger partial charge is 0.490 e. The lowest BCUT2D eigenvalue weighted by Crippen LogP contribution is -2.21. The Labute approximate surface area is 249 Å². The summed E-state index contributed by atoms with van der Waals surface area (Å²) >= 11 is 12.4. The minimum atomic E-state index is -5.08. The number of ether oxygens (including phenoxy) is 1. The van der Waals surface area contributed by atoms with E-state index in [0.29, 0.717) is 58.0 Å². The van der Waals surface area contributed by atoms with Gasteiger partial charge in [0.1, 0.15) is 0 Å². The number of aryl methyl sites for hydroxylation is 1. The lowest BCUT2D eigenvalue weighted by atomic mass is 10.1. The summed E-state index contributed by atoms with van der Waals surface area (Å²) in [6.07, 6.45) is -3.98. The van der Waals surface area contributed by atoms with Crippen molar-refractivity contribution in [2.24, 2.45) is 0 Å². The average molecular weight is 645 g/mol. The van der Waals surface area contributed by atoms with Crippen LogP contribution in [0.3, 0.4) is 0 Å². The fourth-order valence-electron chi connectivity index (χ4n) is 3.39. The second kappa shape index (κ2) is 13.9. The van der Waals surface area contributed by atoms with E-state index in [1.807, 2.05) is 0 Å². The van der Waals surface area contributed by atoms with E-state index in [9.17, 15) is 28.1 Å². The first-order valence-corrected chi connectivity index (χ1v) is 12.8. The van der Waals surface area contributed by atoms with Gasteiger partial charge >= 0.3 is 23.8 Å². The molecular formula is C24H21Cl2F3N8O6. The van der Waals surface area contributed by atoms with Crippen molar-refractivity contribution in [3.05, 3.63) is 68.1 Å². The van der Waals surface area contributed by atoms with E-state index in [1.54, 1.807) is 37.3 Å². The van der Waals surface area contributed by atoms with Crippen LogP contribution in [0.2, 0.25) is 10.0 Å². The number of hydrogen-bond acceptors (Lipinski definition) is 11. The summed E-state index contributed by atoms with van der Waals surface area (Å²) in [6.45, 7) is 2.31. The Kier molecular flexibility index (Phi) is 10.6. The van der Waals surface area contributed by atoms with Crippen molar-refractivity contribution in [3.63, 3.8) is 0 Å².